The van der Waals surface area contributed by atoms with E-state index in [9.17, 15) is 0 Å². The van der Waals surface area contributed by atoms with E-state index < -0.39 is 0 Å². The van der Waals surface area contributed by atoms with Crippen molar-refractivity contribution in [3.8, 4) is 0 Å². The highest BCUT2D eigenvalue weighted by Gasteiger charge is 2.46. The molecule has 0 aliphatic carbocycles. The van der Waals surface area contributed by atoms with Gasteiger partial charge in [0.15, 0.2) is 0 Å². The number of nitrogens with one attached hydrogen (secondary N) is 1. The SMILES string of the molecule is CC(C)(C)NC1CSC2CN(C(C)(C)C)CC12. The summed E-state index contributed by atoms with van der Waals surface area (Å²) in [4.78, 5) is 2.66. The average Bonchev–Trinajstić information content (AvgIpc) is 2.63. The zero-order valence-corrected chi connectivity index (χ0v) is 13.0. The minimum absolute atomic E-state index is 0.245. The number of rotatable bonds is 1. The van der Waals surface area contributed by atoms with E-state index in [1.54, 1.807) is 0 Å². The average molecular weight is 256 g/mol. The predicted molar refractivity (Wildman–Crippen MR) is 77.7 cm³/mol. The van der Waals surface area contributed by atoms with E-state index in [-0.39, 0.29) is 5.54 Å². The summed E-state index contributed by atoms with van der Waals surface area (Å²) in [6, 6.07) is 0.706. The maximum atomic E-state index is 3.81. The fourth-order valence-corrected chi connectivity index (χ4v) is 4.56. The Kier molecular flexibility index (Phi) is 3.57. The Morgan fingerprint density at radius 1 is 1.06 bits per heavy atom. The number of thioether (sulfide) groups is 1. The number of fused-ring (bicyclic) bond motifs is 1. The van der Waals surface area contributed by atoms with Gasteiger partial charge in [0.05, 0.1) is 0 Å². The van der Waals surface area contributed by atoms with Crippen LogP contribution in [0.5, 0.6) is 0 Å². The molecule has 2 aliphatic rings. The summed E-state index contributed by atoms with van der Waals surface area (Å²) in [6.07, 6.45) is 0. The van der Waals surface area contributed by atoms with Gasteiger partial charge in [0.25, 0.3) is 0 Å². The third-order valence-electron chi connectivity index (χ3n) is 3.88. The van der Waals surface area contributed by atoms with Gasteiger partial charge in [-0.15, -0.1) is 0 Å². The van der Waals surface area contributed by atoms with E-state index in [0.29, 0.717) is 11.6 Å². The molecule has 0 aromatic heterocycles. The number of hydrogen-bond donors (Lipinski definition) is 1. The van der Waals surface area contributed by atoms with Crippen molar-refractivity contribution < 1.29 is 0 Å². The van der Waals surface area contributed by atoms with E-state index in [0.717, 1.165) is 11.2 Å². The molecule has 2 nitrogen and oxygen atoms in total. The standard InChI is InChI=1S/C14H28N2S/c1-13(2,3)15-11-9-17-12-8-16(7-10(11)12)14(4,5)6/h10-12,15H,7-9H2,1-6H3. The largest absolute Gasteiger partial charge is 0.308 e. The molecular formula is C14H28N2S. The lowest BCUT2D eigenvalue weighted by Gasteiger charge is -2.34. The normalized spacial score (nSPS) is 35.3. The maximum absolute atomic E-state index is 3.81. The van der Waals surface area contributed by atoms with Crippen LogP contribution in [-0.4, -0.2) is 46.1 Å². The van der Waals surface area contributed by atoms with Crippen LogP contribution in [0.25, 0.3) is 0 Å². The van der Waals surface area contributed by atoms with Crippen LogP contribution in [0.2, 0.25) is 0 Å². The first-order valence-corrected chi connectivity index (χ1v) is 7.86. The Morgan fingerprint density at radius 2 is 1.71 bits per heavy atom. The molecule has 2 fully saturated rings. The minimum Gasteiger partial charge on any atom is -0.308 e. The van der Waals surface area contributed by atoms with Crippen molar-refractivity contribution in [3.05, 3.63) is 0 Å². The number of likely N-dealkylation sites (tertiary alicyclic amines) is 1. The molecule has 1 N–H and O–H groups in total. The van der Waals surface area contributed by atoms with Gasteiger partial charge in [-0.2, -0.15) is 11.8 Å². The fourth-order valence-electron chi connectivity index (χ4n) is 2.97. The van der Waals surface area contributed by atoms with Gasteiger partial charge in [-0.1, -0.05) is 0 Å². The Hall–Kier alpha value is 0.270. The van der Waals surface area contributed by atoms with Gasteiger partial charge in [-0.25, -0.2) is 0 Å². The molecule has 17 heavy (non-hydrogen) atoms. The lowest BCUT2D eigenvalue weighted by molar-refractivity contribution is 0.161. The van der Waals surface area contributed by atoms with Crippen molar-refractivity contribution in [2.24, 2.45) is 5.92 Å². The second-order valence-electron chi connectivity index (χ2n) is 7.61. The molecule has 0 bridgehead atoms. The van der Waals surface area contributed by atoms with Crippen LogP contribution in [0.4, 0.5) is 0 Å². The molecule has 0 aromatic rings. The lowest BCUT2D eigenvalue weighted by Crippen LogP contribution is -2.49. The first kappa shape index (κ1) is 13.7. The smallest absolute Gasteiger partial charge is 0.0231 e. The monoisotopic (exact) mass is 256 g/mol. The van der Waals surface area contributed by atoms with Gasteiger partial charge < -0.3 is 5.32 Å². The zero-order chi connectivity index (χ0) is 12.8. The third kappa shape index (κ3) is 3.18. The van der Waals surface area contributed by atoms with Crippen molar-refractivity contribution >= 4 is 11.8 Å². The highest BCUT2D eigenvalue weighted by Crippen LogP contribution is 2.40. The van der Waals surface area contributed by atoms with Crippen LogP contribution >= 0.6 is 11.8 Å². The van der Waals surface area contributed by atoms with E-state index in [4.69, 9.17) is 0 Å². The highest BCUT2D eigenvalue weighted by atomic mass is 32.2. The highest BCUT2D eigenvalue weighted by molar-refractivity contribution is 8.00. The molecule has 0 saturated carbocycles. The van der Waals surface area contributed by atoms with Gasteiger partial charge in [0.1, 0.15) is 0 Å². The van der Waals surface area contributed by atoms with Crippen LogP contribution in [0.15, 0.2) is 0 Å². The first-order valence-electron chi connectivity index (χ1n) is 6.81. The summed E-state index contributed by atoms with van der Waals surface area (Å²) in [6.45, 7) is 16.4. The van der Waals surface area contributed by atoms with Gasteiger partial charge in [-0.3, -0.25) is 4.90 Å². The lowest BCUT2D eigenvalue weighted by atomic mass is 9.97. The summed E-state index contributed by atoms with van der Waals surface area (Å²) in [7, 11) is 0. The van der Waals surface area contributed by atoms with Crippen LogP contribution in [0, 0.1) is 5.92 Å². The molecule has 2 rings (SSSR count). The molecular weight excluding hydrogens is 228 g/mol. The van der Waals surface area contributed by atoms with Gasteiger partial charge in [0, 0.05) is 47.1 Å². The molecule has 0 aromatic carbocycles. The second-order valence-corrected chi connectivity index (χ2v) is 8.88. The molecule has 3 heteroatoms. The van der Waals surface area contributed by atoms with E-state index in [1.807, 2.05) is 0 Å². The molecule has 2 saturated heterocycles. The first-order chi connectivity index (χ1) is 7.67. The topological polar surface area (TPSA) is 15.3 Å². The summed E-state index contributed by atoms with van der Waals surface area (Å²) in [5.74, 6) is 2.14. The molecule has 3 unspecified atom stereocenters. The molecule has 2 aliphatic heterocycles. The number of nitrogens with zero attached hydrogens (tertiary/aromatic N) is 1. The van der Waals surface area contributed by atoms with Crippen molar-refractivity contribution in [3.63, 3.8) is 0 Å². The van der Waals surface area contributed by atoms with E-state index >= 15 is 0 Å². The molecule has 2 heterocycles. The summed E-state index contributed by atoms with van der Waals surface area (Å²) in [5.41, 5.74) is 0.576. The van der Waals surface area contributed by atoms with E-state index in [2.05, 4.69) is 63.5 Å². The molecule has 3 atom stereocenters. The van der Waals surface area contributed by atoms with Crippen molar-refractivity contribution in [2.75, 3.05) is 18.8 Å². The van der Waals surface area contributed by atoms with Crippen molar-refractivity contribution in [1.29, 1.82) is 0 Å². The summed E-state index contributed by atoms with van der Waals surface area (Å²) in [5, 5.41) is 4.67. The summed E-state index contributed by atoms with van der Waals surface area (Å²) >= 11 is 2.18. The minimum atomic E-state index is 0.245. The molecule has 0 spiro atoms. The Morgan fingerprint density at radius 3 is 2.24 bits per heavy atom. The Bertz CT molecular complexity index is 277. The van der Waals surface area contributed by atoms with E-state index in [1.165, 1.54) is 18.8 Å². The van der Waals surface area contributed by atoms with Crippen molar-refractivity contribution in [1.82, 2.24) is 10.2 Å². The molecule has 0 amide bonds. The van der Waals surface area contributed by atoms with Gasteiger partial charge in [-0.05, 0) is 41.5 Å². The van der Waals surface area contributed by atoms with Crippen LogP contribution in [0.1, 0.15) is 41.5 Å². The van der Waals surface area contributed by atoms with Crippen LogP contribution in [0.3, 0.4) is 0 Å². The third-order valence-corrected chi connectivity index (χ3v) is 5.36. The molecule has 0 radical (unpaired) electrons. The van der Waals surface area contributed by atoms with Crippen molar-refractivity contribution in [2.45, 2.75) is 63.9 Å². The quantitative estimate of drug-likeness (QED) is 0.776. The maximum Gasteiger partial charge on any atom is 0.0231 e. The Labute approximate surface area is 111 Å². The van der Waals surface area contributed by atoms with Crippen LogP contribution in [-0.2, 0) is 0 Å². The van der Waals surface area contributed by atoms with Crippen LogP contribution < -0.4 is 5.32 Å². The molecule has 100 valence electrons. The summed E-state index contributed by atoms with van der Waals surface area (Å²) < 4.78 is 0. The second kappa shape index (κ2) is 4.43. The Balaban J connectivity index is 1.99. The number of hydrogen-bond acceptors (Lipinski definition) is 3. The van der Waals surface area contributed by atoms with Gasteiger partial charge >= 0.3 is 0 Å². The fraction of sp³-hybridized carbons (Fsp3) is 1.00. The zero-order valence-electron chi connectivity index (χ0n) is 12.2. The predicted octanol–water partition coefficient (Wildman–Crippen LogP) is 2.59. The van der Waals surface area contributed by atoms with Gasteiger partial charge in [0.2, 0.25) is 0 Å².